The lowest BCUT2D eigenvalue weighted by Gasteiger charge is -2.22. The molecule has 0 aromatic carbocycles. The summed E-state index contributed by atoms with van der Waals surface area (Å²) in [6, 6.07) is 0. The number of nitrogens with one attached hydrogen (secondary N) is 1. The monoisotopic (exact) mass is 289 g/mol. The predicted molar refractivity (Wildman–Crippen MR) is 70.3 cm³/mol. The standard InChI is InChI=1S/C10H19N5O3S/c1-4-15-5-8(12-7-15)19(17,18)13-6-10(2,3)9(11)14-16/h5,7,13,16H,4,6H2,1-3H3,(H2,11,14). The fraction of sp³-hybridized carbons (Fsp3) is 0.600. The Morgan fingerprint density at radius 1 is 1.63 bits per heavy atom. The lowest BCUT2D eigenvalue weighted by molar-refractivity contribution is 0.307. The first-order valence-electron chi connectivity index (χ1n) is 5.72. The molecule has 0 spiro atoms. The zero-order valence-electron chi connectivity index (χ0n) is 11.2. The molecule has 0 amide bonds. The summed E-state index contributed by atoms with van der Waals surface area (Å²) in [5, 5.41) is 11.5. The van der Waals surface area contributed by atoms with E-state index in [0.29, 0.717) is 6.54 Å². The van der Waals surface area contributed by atoms with Crippen molar-refractivity contribution < 1.29 is 13.6 Å². The number of aryl methyl sites for hydroxylation is 1. The van der Waals surface area contributed by atoms with E-state index in [-0.39, 0.29) is 17.4 Å². The second-order valence-electron chi connectivity index (χ2n) is 4.74. The van der Waals surface area contributed by atoms with Crippen LogP contribution in [0, 0.1) is 5.41 Å². The van der Waals surface area contributed by atoms with Gasteiger partial charge in [0, 0.05) is 24.7 Å². The number of nitrogens with two attached hydrogens (primary N) is 1. The van der Waals surface area contributed by atoms with Crippen LogP contribution in [0.1, 0.15) is 20.8 Å². The van der Waals surface area contributed by atoms with E-state index in [9.17, 15) is 8.42 Å². The highest BCUT2D eigenvalue weighted by Gasteiger charge is 2.27. The molecule has 0 saturated carbocycles. The second-order valence-corrected chi connectivity index (χ2v) is 6.45. The van der Waals surface area contributed by atoms with Gasteiger partial charge in [-0.15, -0.1) is 0 Å². The maximum absolute atomic E-state index is 12.0. The van der Waals surface area contributed by atoms with Crippen molar-refractivity contribution in [1.29, 1.82) is 0 Å². The normalized spacial score (nSPS) is 13.7. The Kier molecular flexibility index (Phi) is 4.53. The molecule has 9 heteroatoms. The summed E-state index contributed by atoms with van der Waals surface area (Å²) in [6.07, 6.45) is 2.89. The number of nitrogens with zero attached hydrogens (tertiary/aromatic N) is 3. The Morgan fingerprint density at radius 3 is 2.74 bits per heavy atom. The minimum absolute atomic E-state index is 0.00418. The summed E-state index contributed by atoms with van der Waals surface area (Å²) < 4.78 is 28.0. The van der Waals surface area contributed by atoms with Crippen LogP contribution in [-0.2, 0) is 16.6 Å². The van der Waals surface area contributed by atoms with Crippen molar-refractivity contribution in [2.24, 2.45) is 16.3 Å². The molecule has 0 atom stereocenters. The zero-order chi connectivity index (χ0) is 14.7. The molecule has 1 rings (SSSR count). The summed E-state index contributed by atoms with van der Waals surface area (Å²) in [4.78, 5) is 3.83. The molecular weight excluding hydrogens is 270 g/mol. The maximum Gasteiger partial charge on any atom is 0.259 e. The van der Waals surface area contributed by atoms with Crippen molar-refractivity contribution in [3.8, 4) is 0 Å². The molecule has 19 heavy (non-hydrogen) atoms. The third kappa shape index (κ3) is 3.67. The van der Waals surface area contributed by atoms with Crippen molar-refractivity contribution in [3.63, 3.8) is 0 Å². The zero-order valence-corrected chi connectivity index (χ0v) is 12.0. The van der Waals surface area contributed by atoms with Crippen LogP contribution in [0.25, 0.3) is 0 Å². The van der Waals surface area contributed by atoms with Gasteiger partial charge in [-0.05, 0) is 6.92 Å². The number of sulfonamides is 1. The van der Waals surface area contributed by atoms with Gasteiger partial charge in [-0.1, -0.05) is 19.0 Å². The summed E-state index contributed by atoms with van der Waals surface area (Å²) in [6.45, 7) is 5.85. The van der Waals surface area contributed by atoms with Crippen molar-refractivity contribution in [1.82, 2.24) is 14.3 Å². The van der Waals surface area contributed by atoms with Crippen molar-refractivity contribution in [3.05, 3.63) is 12.5 Å². The van der Waals surface area contributed by atoms with Gasteiger partial charge in [0.25, 0.3) is 10.0 Å². The number of hydrogen-bond acceptors (Lipinski definition) is 5. The van der Waals surface area contributed by atoms with E-state index in [1.807, 2.05) is 6.92 Å². The highest BCUT2D eigenvalue weighted by Crippen LogP contribution is 2.15. The molecular formula is C10H19N5O3S. The van der Waals surface area contributed by atoms with E-state index in [1.165, 1.54) is 12.5 Å². The summed E-state index contributed by atoms with van der Waals surface area (Å²) in [7, 11) is -3.70. The van der Waals surface area contributed by atoms with Gasteiger partial charge in [-0.3, -0.25) is 0 Å². The second kappa shape index (κ2) is 5.57. The number of aromatic nitrogens is 2. The molecule has 1 heterocycles. The summed E-state index contributed by atoms with van der Waals surface area (Å²) >= 11 is 0. The predicted octanol–water partition coefficient (Wildman–Crippen LogP) is -0.0461. The van der Waals surface area contributed by atoms with Gasteiger partial charge < -0.3 is 15.5 Å². The molecule has 0 unspecified atom stereocenters. The Hall–Kier alpha value is -1.61. The number of imidazole rings is 1. The van der Waals surface area contributed by atoms with E-state index in [4.69, 9.17) is 10.9 Å². The molecule has 0 fully saturated rings. The lowest BCUT2D eigenvalue weighted by atomic mass is 9.93. The average Bonchev–Trinajstić information content (AvgIpc) is 2.85. The Morgan fingerprint density at radius 2 is 2.26 bits per heavy atom. The molecule has 8 nitrogen and oxygen atoms in total. The molecule has 0 bridgehead atoms. The molecule has 108 valence electrons. The Balaban J connectivity index is 2.81. The van der Waals surface area contributed by atoms with Crippen LogP contribution in [0.15, 0.2) is 22.7 Å². The molecule has 0 aliphatic carbocycles. The van der Waals surface area contributed by atoms with E-state index in [0.717, 1.165) is 0 Å². The SMILES string of the molecule is CCn1cnc(S(=O)(=O)NCC(C)(C)C(N)=NO)c1. The van der Waals surface area contributed by atoms with Crippen LogP contribution in [0.3, 0.4) is 0 Å². The van der Waals surface area contributed by atoms with Gasteiger partial charge in [-0.2, -0.15) is 0 Å². The van der Waals surface area contributed by atoms with E-state index < -0.39 is 15.4 Å². The number of amidine groups is 1. The number of rotatable bonds is 6. The highest BCUT2D eigenvalue weighted by atomic mass is 32.2. The first-order valence-corrected chi connectivity index (χ1v) is 7.20. The number of oxime groups is 1. The first kappa shape index (κ1) is 15.4. The Bertz CT molecular complexity index is 561. The van der Waals surface area contributed by atoms with Crippen molar-refractivity contribution >= 4 is 15.9 Å². The minimum atomic E-state index is -3.70. The van der Waals surface area contributed by atoms with Crippen LogP contribution < -0.4 is 10.5 Å². The fourth-order valence-electron chi connectivity index (χ4n) is 1.23. The van der Waals surface area contributed by atoms with Crippen LogP contribution in [0.5, 0.6) is 0 Å². The Labute approximate surface area is 112 Å². The number of hydrogen-bond donors (Lipinski definition) is 3. The van der Waals surface area contributed by atoms with Crippen LogP contribution in [0.2, 0.25) is 0 Å². The smallest absolute Gasteiger partial charge is 0.259 e. The summed E-state index contributed by atoms with van der Waals surface area (Å²) in [5.41, 5.74) is 4.69. The third-order valence-corrected chi connectivity index (χ3v) is 4.04. The van der Waals surface area contributed by atoms with E-state index >= 15 is 0 Å². The molecule has 1 aromatic rings. The average molecular weight is 289 g/mol. The van der Waals surface area contributed by atoms with Gasteiger partial charge in [-0.25, -0.2) is 18.1 Å². The van der Waals surface area contributed by atoms with E-state index in [2.05, 4.69) is 14.9 Å². The van der Waals surface area contributed by atoms with Gasteiger partial charge >= 0.3 is 0 Å². The van der Waals surface area contributed by atoms with Crippen molar-refractivity contribution in [2.75, 3.05) is 6.54 Å². The lowest BCUT2D eigenvalue weighted by Crippen LogP contribution is -2.42. The molecule has 0 saturated heterocycles. The topological polar surface area (TPSA) is 123 Å². The van der Waals surface area contributed by atoms with Crippen LogP contribution in [-0.4, -0.2) is 35.6 Å². The molecule has 0 aliphatic rings. The van der Waals surface area contributed by atoms with Gasteiger partial charge in [0.15, 0.2) is 5.03 Å². The quantitative estimate of drug-likeness (QED) is 0.293. The van der Waals surface area contributed by atoms with Gasteiger partial charge in [0.1, 0.15) is 5.84 Å². The maximum atomic E-state index is 12.0. The molecule has 0 aliphatic heterocycles. The molecule has 0 radical (unpaired) electrons. The minimum Gasteiger partial charge on any atom is -0.409 e. The highest BCUT2D eigenvalue weighted by molar-refractivity contribution is 7.89. The van der Waals surface area contributed by atoms with Crippen LogP contribution >= 0.6 is 0 Å². The largest absolute Gasteiger partial charge is 0.409 e. The molecule has 4 N–H and O–H groups in total. The molecule has 1 aromatic heterocycles. The van der Waals surface area contributed by atoms with Gasteiger partial charge in [0.05, 0.1) is 6.33 Å². The first-order chi connectivity index (χ1) is 8.73. The van der Waals surface area contributed by atoms with Crippen LogP contribution in [0.4, 0.5) is 0 Å². The fourth-order valence-corrected chi connectivity index (χ4v) is 2.39. The third-order valence-electron chi connectivity index (χ3n) is 2.76. The van der Waals surface area contributed by atoms with Gasteiger partial charge in [0.2, 0.25) is 0 Å². The van der Waals surface area contributed by atoms with Crippen molar-refractivity contribution in [2.45, 2.75) is 32.3 Å². The summed E-state index contributed by atoms with van der Waals surface area (Å²) in [5.74, 6) is -0.0470. The van der Waals surface area contributed by atoms with E-state index in [1.54, 1.807) is 18.4 Å².